The highest BCUT2D eigenvalue weighted by molar-refractivity contribution is 7.17. The molecule has 2 nitrogen and oxygen atoms in total. The molecule has 0 radical (unpaired) electrons. The summed E-state index contributed by atoms with van der Waals surface area (Å²) in [7, 11) is 1.68. The summed E-state index contributed by atoms with van der Waals surface area (Å²) in [5.74, 6) is 0.907. The molecule has 0 aliphatic heterocycles. The fourth-order valence-electron chi connectivity index (χ4n) is 1.85. The number of methoxy groups -OCH3 is 1. The molecule has 0 aliphatic carbocycles. The Morgan fingerprint density at radius 2 is 2.12 bits per heavy atom. The van der Waals surface area contributed by atoms with Crippen molar-refractivity contribution in [2.45, 2.75) is 25.9 Å². The molecule has 0 saturated heterocycles. The summed E-state index contributed by atoms with van der Waals surface area (Å²) in [6, 6.07) is 6.03. The lowest BCUT2D eigenvalue weighted by atomic mass is 9.98. The quantitative estimate of drug-likeness (QED) is 0.886. The third-order valence-electron chi connectivity index (χ3n) is 2.49. The van der Waals surface area contributed by atoms with Gasteiger partial charge in [-0.25, -0.2) is 0 Å². The van der Waals surface area contributed by atoms with Crippen LogP contribution in [0.2, 0.25) is 0 Å². The highest BCUT2D eigenvalue weighted by atomic mass is 32.1. The molecule has 0 fully saturated rings. The van der Waals surface area contributed by atoms with E-state index in [0.717, 1.165) is 10.4 Å². The molecule has 0 aliphatic rings. The molecule has 0 amide bonds. The molecule has 0 spiro atoms. The van der Waals surface area contributed by atoms with Crippen molar-refractivity contribution in [3.63, 3.8) is 0 Å². The summed E-state index contributed by atoms with van der Waals surface area (Å²) >= 11 is 1.67. The van der Waals surface area contributed by atoms with E-state index in [9.17, 15) is 5.11 Å². The number of ether oxygens (including phenoxy) is 1. The summed E-state index contributed by atoms with van der Waals surface area (Å²) in [6.45, 7) is 3.66. The number of hydrogen-bond donors (Lipinski definition) is 1. The molecule has 16 heavy (non-hydrogen) atoms. The van der Waals surface area contributed by atoms with Gasteiger partial charge in [0.25, 0.3) is 0 Å². The molecule has 1 N–H and O–H groups in total. The van der Waals surface area contributed by atoms with Gasteiger partial charge in [0.15, 0.2) is 0 Å². The van der Waals surface area contributed by atoms with E-state index >= 15 is 0 Å². The molecule has 3 heteroatoms. The molecule has 1 aromatic carbocycles. The van der Waals surface area contributed by atoms with Crippen LogP contribution in [0.25, 0.3) is 10.1 Å². The van der Waals surface area contributed by atoms with Gasteiger partial charge in [0, 0.05) is 6.42 Å². The van der Waals surface area contributed by atoms with Gasteiger partial charge in [0.2, 0.25) is 0 Å². The SMILES string of the molecule is COc1cccc2c(CC(C)(C)O)csc12. The zero-order valence-electron chi connectivity index (χ0n) is 9.78. The standard InChI is InChI=1S/C13H16O2S/c1-13(2,14)7-9-8-16-12-10(9)5-4-6-11(12)15-3/h4-6,8,14H,7H2,1-3H3. The van der Waals surface area contributed by atoms with E-state index in [1.165, 1.54) is 10.9 Å². The van der Waals surface area contributed by atoms with Gasteiger partial charge in [0.1, 0.15) is 5.75 Å². The maximum Gasteiger partial charge on any atom is 0.136 e. The summed E-state index contributed by atoms with van der Waals surface area (Å²) < 4.78 is 6.48. The minimum atomic E-state index is -0.670. The van der Waals surface area contributed by atoms with Crippen molar-refractivity contribution in [3.05, 3.63) is 29.1 Å². The van der Waals surface area contributed by atoms with Crippen LogP contribution in [0.15, 0.2) is 23.6 Å². The molecular weight excluding hydrogens is 220 g/mol. The number of thiophene rings is 1. The van der Waals surface area contributed by atoms with Crippen LogP contribution in [0.5, 0.6) is 5.75 Å². The number of fused-ring (bicyclic) bond motifs is 1. The Morgan fingerprint density at radius 1 is 1.38 bits per heavy atom. The van der Waals surface area contributed by atoms with Crippen LogP contribution < -0.4 is 4.74 Å². The van der Waals surface area contributed by atoms with E-state index in [1.807, 2.05) is 26.0 Å². The normalized spacial score (nSPS) is 12.0. The molecule has 2 aromatic rings. The van der Waals surface area contributed by atoms with Crippen LogP contribution in [0.4, 0.5) is 0 Å². The molecule has 0 atom stereocenters. The van der Waals surface area contributed by atoms with Crippen LogP contribution in [-0.2, 0) is 6.42 Å². The Hall–Kier alpha value is -1.06. The van der Waals surface area contributed by atoms with Crippen LogP contribution in [0, 0.1) is 0 Å². The maximum atomic E-state index is 9.85. The van der Waals surface area contributed by atoms with Crippen LogP contribution in [0.1, 0.15) is 19.4 Å². The number of hydrogen-bond acceptors (Lipinski definition) is 3. The van der Waals surface area contributed by atoms with Crippen molar-refractivity contribution >= 4 is 21.4 Å². The lowest BCUT2D eigenvalue weighted by molar-refractivity contribution is 0.0814. The fourth-order valence-corrected chi connectivity index (χ4v) is 2.91. The first-order valence-corrected chi connectivity index (χ1v) is 6.15. The van der Waals surface area contributed by atoms with Crippen molar-refractivity contribution in [1.29, 1.82) is 0 Å². The zero-order valence-corrected chi connectivity index (χ0v) is 10.6. The number of benzene rings is 1. The van der Waals surface area contributed by atoms with Gasteiger partial charge in [-0.05, 0) is 36.2 Å². The molecule has 1 aromatic heterocycles. The Bertz CT molecular complexity index is 494. The van der Waals surface area contributed by atoms with Crippen molar-refractivity contribution in [2.24, 2.45) is 0 Å². The molecule has 2 rings (SSSR count). The topological polar surface area (TPSA) is 29.5 Å². The second-order valence-electron chi connectivity index (χ2n) is 4.59. The molecular formula is C13H16O2S. The first-order chi connectivity index (χ1) is 7.51. The van der Waals surface area contributed by atoms with Gasteiger partial charge < -0.3 is 9.84 Å². The number of rotatable bonds is 3. The van der Waals surface area contributed by atoms with Crippen molar-refractivity contribution in [3.8, 4) is 5.75 Å². The average molecular weight is 236 g/mol. The van der Waals surface area contributed by atoms with E-state index in [4.69, 9.17) is 4.74 Å². The highest BCUT2D eigenvalue weighted by Crippen LogP contribution is 2.34. The van der Waals surface area contributed by atoms with Gasteiger partial charge in [-0.3, -0.25) is 0 Å². The molecule has 1 heterocycles. The minimum absolute atomic E-state index is 0.667. The lowest BCUT2D eigenvalue weighted by Crippen LogP contribution is -2.21. The Labute approximate surface area is 99.5 Å². The Balaban J connectivity index is 2.49. The average Bonchev–Trinajstić information content (AvgIpc) is 2.59. The Kier molecular flexibility index (Phi) is 2.91. The zero-order chi connectivity index (χ0) is 11.8. The fraction of sp³-hybridized carbons (Fsp3) is 0.385. The van der Waals surface area contributed by atoms with Crippen LogP contribution in [0.3, 0.4) is 0 Å². The van der Waals surface area contributed by atoms with Gasteiger partial charge in [-0.2, -0.15) is 0 Å². The molecule has 0 bridgehead atoms. The maximum absolute atomic E-state index is 9.85. The summed E-state index contributed by atoms with van der Waals surface area (Å²) in [4.78, 5) is 0. The summed E-state index contributed by atoms with van der Waals surface area (Å²) in [6.07, 6.45) is 0.667. The monoisotopic (exact) mass is 236 g/mol. The number of aliphatic hydroxyl groups is 1. The first kappa shape index (κ1) is 11.4. The van der Waals surface area contributed by atoms with Crippen LogP contribution in [-0.4, -0.2) is 17.8 Å². The molecule has 0 saturated carbocycles. The second-order valence-corrected chi connectivity index (χ2v) is 5.47. The second kappa shape index (κ2) is 4.07. The largest absolute Gasteiger partial charge is 0.495 e. The van der Waals surface area contributed by atoms with Gasteiger partial charge in [-0.15, -0.1) is 11.3 Å². The van der Waals surface area contributed by atoms with E-state index < -0.39 is 5.60 Å². The first-order valence-electron chi connectivity index (χ1n) is 5.27. The third kappa shape index (κ3) is 2.20. The van der Waals surface area contributed by atoms with E-state index in [1.54, 1.807) is 18.4 Å². The van der Waals surface area contributed by atoms with E-state index in [0.29, 0.717) is 6.42 Å². The summed E-state index contributed by atoms with van der Waals surface area (Å²) in [5.41, 5.74) is 0.517. The van der Waals surface area contributed by atoms with E-state index in [2.05, 4.69) is 11.4 Å². The Morgan fingerprint density at radius 3 is 2.75 bits per heavy atom. The molecule has 86 valence electrons. The minimum Gasteiger partial charge on any atom is -0.495 e. The smallest absolute Gasteiger partial charge is 0.136 e. The predicted molar refractivity (Wildman–Crippen MR) is 68.4 cm³/mol. The van der Waals surface area contributed by atoms with Crippen molar-refractivity contribution in [2.75, 3.05) is 7.11 Å². The summed E-state index contributed by atoms with van der Waals surface area (Å²) in [5, 5.41) is 13.1. The van der Waals surface area contributed by atoms with E-state index in [-0.39, 0.29) is 0 Å². The highest BCUT2D eigenvalue weighted by Gasteiger charge is 2.17. The van der Waals surface area contributed by atoms with Gasteiger partial charge in [-0.1, -0.05) is 12.1 Å². The predicted octanol–water partition coefficient (Wildman–Crippen LogP) is 3.22. The van der Waals surface area contributed by atoms with Gasteiger partial charge in [0.05, 0.1) is 17.4 Å². The van der Waals surface area contributed by atoms with Crippen molar-refractivity contribution in [1.82, 2.24) is 0 Å². The third-order valence-corrected chi connectivity index (χ3v) is 3.55. The van der Waals surface area contributed by atoms with Gasteiger partial charge >= 0.3 is 0 Å². The van der Waals surface area contributed by atoms with Crippen LogP contribution >= 0.6 is 11.3 Å². The lowest BCUT2D eigenvalue weighted by Gasteiger charge is -2.16. The molecule has 0 unspecified atom stereocenters. The van der Waals surface area contributed by atoms with Crippen molar-refractivity contribution < 1.29 is 9.84 Å².